The van der Waals surface area contributed by atoms with Gasteiger partial charge in [-0.05, 0) is 59.9 Å². The van der Waals surface area contributed by atoms with E-state index < -0.39 is 0 Å². The molecule has 30 heavy (non-hydrogen) atoms. The van der Waals surface area contributed by atoms with Crippen molar-refractivity contribution in [1.29, 1.82) is 0 Å². The minimum Gasteiger partial charge on any atom is -0.372 e. The van der Waals surface area contributed by atoms with Gasteiger partial charge in [0.1, 0.15) is 0 Å². The van der Waals surface area contributed by atoms with Crippen LogP contribution in [0.15, 0.2) is 46.1 Å². The van der Waals surface area contributed by atoms with Crippen molar-refractivity contribution < 1.29 is 9.53 Å². The SMILES string of the molecule is CN=C(NCc1ccc(C(=O)N2CC(C)OC(C)C2)cc1)NCC(C)c1ccsc1. The van der Waals surface area contributed by atoms with E-state index in [4.69, 9.17) is 4.74 Å². The number of morpholine rings is 1. The third-order valence-electron chi connectivity index (χ3n) is 5.28. The first kappa shape index (κ1) is 22.3. The molecule has 3 atom stereocenters. The molecule has 0 radical (unpaired) electrons. The predicted octanol–water partition coefficient (Wildman–Crippen LogP) is 3.47. The summed E-state index contributed by atoms with van der Waals surface area (Å²) in [6.07, 6.45) is 0.144. The number of nitrogens with zero attached hydrogens (tertiary/aromatic N) is 2. The van der Waals surface area contributed by atoms with Gasteiger partial charge < -0.3 is 20.3 Å². The summed E-state index contributed by atoms with van der Waals surface area (Å²) in [4.78, 5) is 19.0. The number of ether oxygens (including phenoxy) is 1. The van der Waals surface area contributed by atoms with Gasteiger partial charge in [-0.15, -0.1) is 0 Å². The van der Waals surface area contributed by atoms with E-state index in [1.807, 2.05) is 43.0 Å². The number of guanidine groups is 1. The van der Waals surface area contributed by atoms with Gasteiger partial charge in [-0.25, -0.2) is 0 Å². The molecule has 1 amide bonds. The van der Waals surface area contributed by atoms with E-state index >= 15 is 0 Å². The fraction of sp³-hybridized carbons (Fsp3) is 0.478. The van der Waals surface area contributed by atoms with Crippen LogP contribution in [-0.2, 0) is 11.3 Å². The van der Waals surface area contributed by atoms with Gasteiger partial charge in [0, 0.05) is 38.8 Å². The van der Waals surface area contributed by atoms with Crippen LogP contribution in [0.2, 0.25) is 0 Å². The van der Waals surface area contributed by atoms with Crippen LogP contribution in [0, 0.1) is 0 Å². The van der Waals surface area contributed by atoms with Gasteiger partial charge in [0.15, 0.2) is 5.96 Å². The molecule has 1 fully saturated rings. The second-order valence-corrected chi connectivity index (χ2v) is 8.71. The average Bonchev–Trinajstić information content (AvgIpc) is 3.28. The Kier molecular flexibility index (Phi) is 7.87. The van der Waals surface area contributed by atoms with Crippen LogP contribution >= 0.6 is 11.3 Å². The smallest absolute Gasteiger partial charge is 0.254 e. The summed E-state index contributed by atoms with van der Waals surface area (Å²) in [7, 11) is 1.77. The normalized spacial score (nSPS) is 20.7. The second kappa shape index (κ2) is 10.6. The first-order chi connectivity index (χ1) is 14.5. The number of rotatable bonds is 6. The number of carbonyl (C=O) groups is 1. The third kappa shape index (κ3) is 6.06. The van der Waals surface area contributed by atoms with Crippen molar-refractivity contribution in [2.45, 2.75) is 45.4 Å². The van der Waals surface area contributed by atoms with Crippen LogP contribution in [0.3, 0.4) is 0 Å². The van der Waals surface area contributed by atoms with E-state index in [0.29, 0.717) is 31.1 Å². The Hall–Kier alpha value is -2.38. The summed E-state index contributed by atoms with van der Waals surface area (Å²) in [5.41, 5.74) is 3.16. The number of hydrogen-bond acceptors (Lipinski definition) is 4. The number of nitrogens with one attached hydrogen (secondary N) is 2. The minimum atomic E-state index is 0.0661. The van der Waals surface area contributed by atoms with Crippen molar-refractivity contribution in [2.75, 3.05) is 26.7 Å². The second-order valence-electron chi connectivity index (χ2n) is 7.93. The van der Waals surface area contributed by atoms with Gasteiger partial charge in [-0.2, -0.15) is 11.3 Å². The zero-order valence-electron chi connectivity index (χ0n) is 18.2. The fourth-order valence-corrected chi connectivity index (χ4v) is 4.40. The van der Waals surface area contributed by atoms with Gasteiger partial charge in [0.2, 0.25) is 0 Å². The number of hydrogen-bond donors (Lipinski definition) is 2. The van der Waals surface area contributed by atoms with Gasteiger partial charge in [-0.3, -0.25) is 9.79 Å². The van der Waals surface area contributed by atoms with E-state index in [-0.39, 0.29) is 18.1 Å². The minimum absolute atomic E-state index is 0.0661. The van der Waals surface area contributed by atoms with Gasteiger partial charge >= 0.3 is 0 Å². The topological polar surface area (TPSA) is 66.0 Å². The predicted molar refractivity (Wildman–Crippen MR) is 123 cm³/mol. The number of benzene rings is 1. The monoisotopic (exact) mass is 428 g/mol. The van der Waals surface area contributed by atoms with Crippen molar-refractivity contribution in [3.63, 3.8) is 0 Å². The Labute approximate surface area is 183 Å². The number of aliphatic imine (C=N–C) groups is 1. The van der Waals surface area contributed by atoms with Crippen molar-refractivity contribution in [3.8, 4) is 0 Å². The Bertz CT molecular complexity index is 825. The van der Waals surface area contributed by atoms with Crippen LogP contribution < -0.4 is 10.6 Å². The lowest BCUT2D eigenvalue weighted by Gasteiger charge is -2.35. The number of amides is 1. The molecule has 2 heterocycles. The van der Waals surface area contributed by atoms with E-state index in [2.05, 4.69) is 39.4 Å². The van der Waals surface area contributed by atoms with Crippen LogP contribution in [0.1, 0.15) is 48.2 Å². The molecule has 1 aromatic carbocycles. The van der Waals surface area contributed by atoms with Gasteiger partial charge in [0.05, 0.1) is 12.2 Å². The van der Waals surface area contributed by atoms with Crippen molar-refractivity contribution in [1.82, 2.24) is 15.5 Å². The molecule has 7 heteroatoms. The molecule has 0 spiro atoms. The molecule has 3 unspecified atom stereocenters. The highest BCUT2D eigenvalue weighted by molar-refractivity contribution is 7.07. The summed E-state index contributed by atoms with van der Waals surface area (Å²) < 4.78 is 5.72. The zero-order chi connectivity index (χ0) is 21.5. The maximum Gasteiger partial charge on any atom is 0.254 e. The molecule has 2 aromatic rings. The molecule has 1 aliphatic heterocycles. The van der Waals surface area contributed by atoms with Gasteiger partial charge in [0.25, 0.3) is 5.91 Å². The summed E-state index contributed by atoms with van der Waals surface area (Å²) in [5, 5.41) is 11.0. The quantitative estimate of drug-likeness (QED) is 0.546. The summed E-state index contributed by atoms with van der Waals surface area (Å²) >= 11 is 1.72. The highest BCUT2D eigenvalue weighted by Gasteiger charge is 2.26. The highest BCUT2D eigenvalue weighted by Crippen LogP contribution is 2.17. The van der Waals surface area contributed by atoms with Crippen LogP contribution in [0.25, 0.3) is 0 Å². The number of thiophene rings is 1. The first-order valence-electron chi connectivity index (χ1n) is 10.5. The molecule has 1 saturated heterocycles. The molecule has 162 valence electrons. The molecule has 1 aliphatic rings. The van der Waals surface area contributed by atoms with Crippen LogP contribution in [0.4, 0.5) is 0 Å². The molecule has 0 bridgehead atoms. The molecule has 1 aromatic heterocycles. The molecule has 0 saturated carbocycles. The van der Waals surface area contributed by atoms with E-state index in [9.17, 15) is 4.79 Å². The maximum atomic E-state index is 12.8. The lowest BCUT2D eigenvalue weighted by molar-refractivity contribution is -0.0586. The van der Waals surface area contributed by atoms with E-state index in [1.54, 1.807) is 18.4 Å². The van der Waals surface area contributed by atoms with Crippen molar-refractivity contribution >= 4 is 23.2 Å². The zero-order valence-corrected chi connectivity index (χ0v) is 19.0. The van der Waals surface area contributed by atoms with Crippen molar-refractivity contribution in [2.24, 2.45) is 4.99 Å². The molecule has 2 N–H and O–H groups in total. The third-order valence-corrected chi connectivity index (χ3v) is 5.98. The molecule has 3 rings (SSSR count). The Morgan fingerprint density at radius 1 is 1.20 bits per heavy atom. The largest absolute Gasteiger partial charge is 0.372 e. The highest BCUT2D eigenvalue weighted by atomic mass is 32.1. The van der Waals surface area contributed by atoms with Gasteiger partial charge in [-0.1, -0.05) is 19.1 Å². The maximum absolute atomic E-state index is 12.8. The Balaban J connectivity index is 1.49. The summed E-state index contributed by atoms with van der Waals surface area (Å²) in [6.45, 7) is 8.96. The fourth-order valence-electron chi connectivity index (χ4n) is 3.62. The van der Waals surface area contributed by atoms with Crippen LogP contribution in [0.5, 0.6) is 0 Å². The average molecular weight is 429 g/mol. The lowest BCUT2D eigenvalue weighted by atomic mass is 10.1. The molecule has 0 aliphatic carbocycles. The summed E-state index contributed by atoms with van der Waals surface area (Å²) in [5.74, 6) is 1.26. The molecule has 6 nitrogen and oxygen atoms in total. The number of carbonyl (C=O) groups excluding carboxylic acids is 1. The van der Waals surface area contributed by atoms with E-state index in [0.717, 1.165) is 18.1 Å². The first-order valence-corrected chi connectivity index (χ1v) is 11.4. The molecular formula is C23H32N4O2S. The Morgan fingerprint density at radius 3 is 2.50 bits per heavy atom. The standard InChI is InChI=1S/C23H32N4O2S/c1-16(21-9-10-30-15-21)11-25-23(24-4)26-12-19-5-7-20(8-6-19)22(28)27-13-17(2)29-18(3)14-27/h5-10,15-18H,11-14H2,1-4H3,(H2,24,25,26). The van der Waals surface area contributed by atoms with E-state index in [1.165, 1.54) is 5.56 Å². The molecular weight excluding hydrogens is 396 g/mol. The summed E-state index contributed by atoms with van der Waals surface area (Å²) in [6, 6.07) is 9.95. The Morgan fingerprint density at radius 2 is 1.90 bits per heavy atom. The van der Waals surface area contributed by atoms with Crippen molar-refractivity contribution in [3.05, 3.63) is 57.8 Å². The lowest BCUT2D eigenvalue weighted by Crippen LogP contribution is -2.48. The van der Waals surface area contributed by atoms with Crippen LogP contribution in [-0.4, -0.2) is 55.7 Å².